The number of aromatic nitrogens is 3. The van der Waals surface area contributed by atoms with Gasteiger partial charge in [-0.3, -0.25) is 4.99 Å². The standard InChI is InChI=1S/C22H17N5S/c1-23-11-15-12-24-18-8-7-16(9-17(15)18)27-22-21-19(25-13-26-22)10-20(28-21)14-5-3-2-4-6-14/h2-13,24H,1H3,(H,25,26,27). The Balaban J connectivity index is 1.55. The normalized spacial score (nSPS) is 11.6. The first-order chi connectivity index (χ1) is 13.8. The van der Waals surface area contributed by atoms with Gasteiger partial charge in [-0.1, -0.05) is 30.3 Å². The predicted molar refractivity (Wildman–Crippen MR) is 118 cm³/mol. The number of fused-ring (bicyclic) bond motifs is 2. The third-order valence-corrected chi connectivity index (χ3v) is 5.79. The minimum Gasteiger partial charge on any atom is -0.361 e. The highest BCUT2D eigenvalue weighted by Gasteiger charge is 2.11. The molecule has 5 nitrogen and oxygen atoms in total. The number of aromatic amines is 1. The summed E-state index contributed by atoms with van der Waals surface area (Å²) in [6.07, 6.45) is 5.43. The van der Waals surface area contributed by atoms with Gasteiger partial charge in [-0.05, 0) is 29.8 Å². The average molecular weight is 383 g/mol. The Labute approximate surface area is 165 Å². The van der Waals surface area contributed by atoms with E-state index in [9.17, 15) is 0 Å². The number of rotatable bonds is 4. The molecule has 3 aromatic heterocycles. The minimum absolute atomic E-state index is 0.817. The molecule has 0 aliphatic rings. The lowest BCUT2D eigenvalue weighted by Gasteiger charge is -2.06. The molecule has 0 spiro atoms. The SMILES string of the molecule is CN=Cc1c[nH]c2ccc(Nc3ncnc4cc(-c5ccccc5)sc34)cc12. The van der Waals surface area contributed by atoms with Crippen LogP contribution in [0.5, 0.6) is 0 Å². The van der Waals surface area contributed by atoms with Gasteiger partial charge in [0.2, 0.25) is 0 Å². The van der Waals surface area contributed by atoms with Crippen LogP contribution in [0.15, 0.2) is 72.1 Å². The van der Waals surface area contributed by atoms with Crippen LogP contribution in [-0.4, -0.2) is 28.2 Å². The molecule has 0 radical (unpaired) electrons. The van der Waals surface area contributed by atoms with Gasteiger partial charge >= 0.3 is 0 Å². The summed E-state index contributed by atoms with van der Waals surface area (Å²) in [6.45, 7) is 0. The molecule has 0 bridgehead atoms. The average Bonchev–Trinajstić information content (AvgIpc) is 3.34. The van der Waals surface area contributed by atoms with Crippen LogP contribution in [0.3, 0.4) is 0 Å². The smallest absolute Gasteiger partial charge is 0.151 e. The molecule has 0 saturated carbocycles. The first kappa shape index (κ1) is 16.6. The highest BCUT2D eigenvalue weighted by Crippen LogP contribution is 2.36. The van der Waals surface area contributed by atoms with Crippen molar-refractivity contribution in [1.29, 1.82) is 0 Å². The summed E-state index contributed by atoms with van der Waals surface area (Å²) in [5.74, 6) is 0.817. The second-order valence-electron chi connectivity index (χ2n) is 6.43. The number of H-pyrrole nitrogens is 1. The monoisotopic (exact) mass is 383 g/mol. The fourth-order valence-corrected chi connectivity index (χ4v) is 4.35. The van der Waals surface area contributed by atoms with Crippen LogP contribution in [-0.2, 0) is 0 Å². The van der Waals surface area contributed by atoms with E-state index in [-0.39, 0.29) is 0 Å². The van der Waals surface area contributed by atoms with E-state index in [1.54, 1.807) is 24.7 Å². The summed E-state index contributed by atoms with van der Waals surface area (Å²) >= 11 is 1.70. The third-order valence-electron chi connectivity index (χ3n) is 4.61. The zero-order valence-corrected chi connectivity index (χ0v) is 16.0. The summed E-state index contributed by atoms with van der Waals surface area (Å²) in [4.78, 5) is 17.5. The molecule has 5 aromatic rings. The van der Waals surface area contributed by atoms with Crippen molar-refractivity contribution in [1.82, 2.24) is 15.0 Å². The van der Waals surface area contributed by atoms with Crippen molar-refractivity contribution in [3.05, 3.63) is 72.7 Å². The molecule has 0 amide bonds. The van der Waals surface area contributed by atoms with Crippen LogP contribution >= 0.6 is 11.3 Å². The van der Waals surface area contributed by atoms with Crippen molar-refractivity contribution in [2.24, 2.45) is 4.99 Å². The molecule has 0 unspecified atom stereocenters. The number of aliphatic imine (C=N–C) groups is 1. The number of hydrogen-bond acceptors (Lipinski definition) is 5. The van der Waals surface area contributed by atoms with E-state index < -0.39 is 0 Å². The Bertz CT molecular complexity index is 1300. The Kier molecular flexibility index (Phi) is 4.10. The molecule has 0 aliphatic carbocycles. The molecule has 6 heteroatoms. The summed E-state index contributed by atoms with van der Waals surface area (Å²) < 4.78 is 1.05. The number of benzene rings is 2. The van der Waals surface area contributed by atoms with Crippen molar-refractivity contribution < 1.29 is 0 Å². The van der Waals surface area contributed by atoms with E-state index in [0.29, 0.717) is 0 Å². The highest BCUT2D eigenvalue weighted by atomic mass is 32.1. The molecule has 2 aromatic carbocycles. The largest absolute Gasteiger partial charge is 0.361 e. The van der Waals surface area contributed by atoms with Gasteiger partial charge in [0.05, 0.1) is 10.2 Å². The Morgan fingerprint density at radius 1 is 1.07 bits per heavy atom. The predicted octanol–water partition coefficient (Wildman–Crippen LogP) is 5.63. The molecule has 28 heavy (non-hydrogen) atoms. The summed E-state index contributed by atoms with van der Waals surface area (Å²) in [6, 6.07) is 18.7. The van der Waals surface area contributed by atoms with Gasteiger partial charge in [-0.25, -0.2) is 9.97 Å². The second kappa shape index (κ2) is 6.90. The lowest BCUT2D eigenvalue weighted by Crippen LogP contribution is -1.94. The number of nitrogens with zero attached hydrogens (tertiary/aromatic N) is 3. The van der Waals surface area contributed by atoms with Gasteiger partial charge in [-0.15, -0.1) is 11.3 Å². The molecule has 0 fully saturated rings. The zero-order valence-electron chi connectivity index (χ0n) is 15.2. The maximum atomic E-state index is 4.49. The number of anilines is 2. The first-order valence-electron chi connectivity index (χ1n) is 8.92. The van der Waals surface area contributed by atoms with Gasteiger partial charge < -0.3 is 10.3 Å². The molecular weight excluding hydrogens is 366 g/mol. The van der Waals surface area contributed by atoms with Crippen molar-refractivity contribution >= 4 is 50.2 Å². The maximum absolute atomic E-state index is 4.49. The highest BCUT2D eigenvalue weighted by molar-refractivity contribution is 7.22. The van der Waals surface area contributed by atoms with Crippen LogP contribution in [0.25, 0.3) is 31.6 Å². The molecule has 3 heterocycles. The first-order valence-corrected chi connectivity index (χ1v) is 9.74. The van der Waals surface area contributed by atoms with Crippen LogP contribution < -0.4 is 5.32 Å². The van der Waals surface area contributed by atoms with Crippen molar-refractivity contribution in [2.45, 2.75) is 0 Å². The minimum atomic E-state index is 0.817. The number of thiophene rings is 1. The quantitative estimate of drug-likeness (QED) is 0.395. The van der Waals surface area contributed by atoms with Gasteiger partial charge in [0.25, 0.3) is 0 Å². The van der Waals surface area contributed by atoms with Crippen LogP contribution in [0.2, 0.25) is 0 Å². The van der Waals surface area contributed by atoms with Crippen molar-refractivity contribution in [3.63, 3.8) is 0 Å². The molecule has 5 rings (SSSR count). The van der Waals surface area contributed by atoms with E-state index in [1.165, 1.54) is 10.4 Å². The topological polar surface area (TPSA) is 66.0 Å². The van der Waals surface area contributed by atoms with Gasteiger partial charge in [0.15, 0.2) is 5.82 Å². The third kappa shape index (κ3) is 2.93. The molecule has 136 valence electrons. The summed E-state index contributed by atoms with van der Waals surface area (Å²) in [5, 5.41) is 4.59. The van der Waals surface area contributed by atoms with Gasteiger partial charge in [0.1, 0.15) is 6.33 Å². The van der Waals surface area contributed by atoms with Crippen LogP contribution in [0.1, 0.15) is 5.56 Å². The van der Waals surface area contributed by atoms with Gasteiger partial charge in [0, 0.05) is 46.5 Å². The fourth-order valence-electron chi connectivity index (χ4n) is 3.29. The molecule has 0 atom stereocenters. The zero-order chi connectivity index (χ0) is 18.9. The van der Waals surface area contributed by atoms with Crippen LogP contribution in [0.4, 0.5) is 11.5 Å². The second-order valence-corrected chi connectivity index (χ2v) is 7.48. The summed E-state index contributed by atoms with van der Waals surface area (Å²) in [7, 11) is 1.78. The maximum Gasteiger partial charge on any atom is 0.151 e. The van der Waals surface area contributed by atoms with E-state index in [0.717, 1.165) is 38.2 Å². The number of hydrogen-bond donors (Lipinski definition) is 2. The molecule has 2 N–H and O–H groups in total. The van der Waals surface area contributed by atoms with E-state index in [4.69, 9.17) is 0 Å². The fraction of sp³-hybridized carbons (Fsp3) is 0.0455. The Hall–Kier alpha value is -3.51. The van der Waals surface area contributed by atoms with Gasteiger partial charge in [-0.2, -0.15) is 0 Å². The number of nitrogens with one attached hydrogen (secondary N) is 2. The summed E-state index contributed by atoms with van der Waals surface area (Å²) in [5.41, 5.74) is 5.26. The molecule has 0 saturated heterocycles. The van der Waals surface area contributed by atoms with E-state index in [2.05, 4.69) is 55.6 Å². The Morgan fingerprint density at radius 3 is 2.82 bits per heavy atom. The Morgan fingerprint density at radius 2 is 1.96 bits per heavy atom. The molecule has 0 aliphatic heterocycles. The lowest BCUT2D eigenvalue weighted by atomic mass is 10.1. The van der Waals surface area contributed by atoms with E-state index >= 15 is 0 Å². The molecular formula is C22H17N5S. The van der Waals surface area contributed by atoms with Crippen molar-refractivity contribution in [2.75, 3.05) is 12.4 Å². The lowest BCUT2D eigenvalue weighted by molar-refractivity contribution is 1.23. The van der Waals surface area contributed by atoms with E-state index in [1.807, 2.05) is 36.7 Å². The van der Waals surface area contributed by atoms with Crippen molar-refractivity contribution in [3.8, 4) is 10.4 Å². The van der Waals surface area contributed by atoms with Crippen LogP contribution in [0, 0.1) is 0 Å².